The van der Waals surface area contributed by atoms with Crippen LogP contribution >= 0.6 is 0 Å². The van der Waals surface area contributed by atoms with E-state index < -0.39 is 89.9 Å². The van der Waals surface area contributed by atoms with E-state index >= 15 is 0 Å². The van der Waals surface area contributed by atoms with Crippen LogP contribution in [0, 0.1) is 23.7 Å². The molecule has 0 aliphatic carbocycles. The van der Waals surface area contributed by atoms with Crippen LogP contribution in [0.5, 0.6) is 0 Å². The van der Waals surface area contributed by atoms with Gasteiger partial charge in [-0.1, -0.05) is 27.7 Å². The molecule has 5 saturated heterocycles. The summed E-state index contributed by atoms with van der Waals surface area (Å²) in [5.74, 6) is -3.34. The van der Waals surface area contributed by atoms with Gasteiger partial charge in [0.2, 0.25) is 5.79 Å². The molecule has 48 heavy (non-hydrogen) atoms. The van der Waals surface area contributed by atoms with Crippen LogP contribution in [-0.4, -0.2) is 126 Å². The van der Waals surface area contributed by atoms with Gasteiger partial charge in [-0.15, -0.1) is 0 Å². The molecular weight excluding hydrogens is 626 g/mol. The zero-order valence-electron chi connectivity index (χ0n) is 30.6. The Morgan fingerprint density at radius 3 is 2.38 bits per heavy atom. The molecule has 5 rings (SSSR count). The lowest BCUT2D eigenvalue weighted by atomic mass is 9.76. The first kappa shape index (κ1) is 38.3. The molecule has 278 valence electrons. The Kier molecular flexibility index (Phi) is 11.3. The number of likely N-dealkylation sites (N-methyl/N-ethyl adjacent to an activating group) is 1. The summed E-state index contributed by atoms with van der Waals surface area (Å²) < 4.78 is 50.9. The number of fused-ring (bicyclic) bond motifs is 3. The fourth-order valence-corrected chi connectivity index (χ4v) is 9.12. The van der Waals surface area contributed by atoms with Gasteiger partial charge in [-0.2, -0.15) is 0 Å². The van der Waals surface area contributed by atoms with Crippen LogP contribution in [-0.2, 0) is 42.7 Å². The normalized spacial score (nSPS) is 51.6. The lowest BCUT2D eigenvalue weighted by Crippen LogP contribution is -2.59. The molecule has 0 radical (unpaired) electrons. The second-order valence-corrected chi connectivity index (χ2v) is 15.7. The Labute approximate surface area is 285 Å². The molecule has 7 unspecified atom stereocenters. The lowest BCUT2D eigenvalue weighted by Gasteiger charge is -2.46. The van der Waals surface area contributed by atoms with Gasteiger partial charge in [0, 0.05) is 25.0 Å². The number of epoxide rings is 1. The van der Waals surface area contributed by atoms with Gasteiger partial charge in [-0.3, -0.25) is 4.79 Å². The number of methoxy groups -OCH3 is 1. The summed E-state index contributed by atoms with van der Waals surface area (Å²) in [5, 5.41) is 37.2. The van der Waals surface area contributed by atoms with Gasteiger partial charge in [0.25, 0.3) is 0 Å². The van der Waals surface area contributed by atoms with Gasteiger partial charge >= 0.3 is 5.97 Å². The molecular formula is C35H61NO12. The van der Waals surface area contributed by atoms with Crippen molar-refractivity contribution in [3.8, 4) is 0 Å². The van der Waals surface area contributed by atoms with Crippen molar-refractivity contribution in [3.63, 3.8) is 0 Å². The van der Waals surface area contributed by atoms with E-state index in [2.05, 4.69) is 12.2 Å². The van der Waals surface area contributed by atoms with E-state index in [1.165, 1.54) is 6.92 Å². The van der Waals surface area contributed by atoms with Crippen molar-refractivity contribution >= 4 is 5.97 Å². The average Bonchev–Trinajstić information content (AvgIpc) is 3.70. The van der Waals surface area contributed by atoms with Crippen molar-refractivity contribution in [1.29, 1.82) is 0 Å². The highest BCUT2D eigenvalue weighted by molar-refractivity contribution is 5.73. The summed E-state index contributed by atoms with van der Waals surface area (Å²) in [6.07, 6.45) is -5.92. The number of ether oxygens (including phenoxy) is 8. The first-order valence-electron chi connectivity index (χ1n) is 17.9. The molecule has 0 saturated carbocycles. The van der Waals surface area contributed by atoms with Crippen LogP contribution in [0.4, 0.5) is 0 Å². The lowest BCUT2D eigenvalue weighted by molar-refractivity contribution is -0.304. The SMILES string of the molecule is CC[C@@H](O)[C@@](C)(O)[C@@H]1OC(=O)[C@H](C)[C@H](O[C@H]2CC3(OC)O[C@H]3C(C)O2)[C@H](C)[C@@H](O[C@@H]2OC(C)CC(NC)C2O)[C@@]2(C)CC(C)C(O2)[C@@H]1C. The molecule has 0 aromatic carbocycles. The monoisotopic (exact) mass is 687 g/mol. The molecule has 0 aromatic heterocycles. The zero-order chi connectivity index (χ0) is 35.5. The number of hydrogen-bond acceptors (Lipinski definition) is 13. The Morgan fingerprint density at radius 1 is 1.06 bits per heavy atom. The van der Waals surface area contributed by atoms with Crippen molar-refractivity contribution in [2.75, 3.05) is 14.2 Å². The molecule has 0 aromatic rings. The molecule has 5 heterocycles. The largest absolute Gasteiger partial charge is 0.459 e. The van der Waals surface area contributed by atoms with Gasteiger partial charge in [-0.05, 0) is 66.8 Å². The highest BCUT2D eigenvalue weighted by Crippen LogP contribution is 2.51. The van der Waals surface area contributed by atoms with Crippen LogP contribution < -0.4 is 5.32 Å². The number of hydrogen-bond donors (Lipinski definition) is 4. The maximum absolute atomic E-state index is 14.2. The second kappa shape index (κ2) is 14.2. The third-order valence-corrected chi connectivity index (χ3v) is 11.9. The standard InChI is InChI=1S/C35H61NO12/c1-12-23(37)34(9,40)29-18(4)26-16(2)14-33(8,47-26)28(46-32-25(38)22(36-10)13-17(3)42-32)19(5)27(20(6)31(39)45-29)44-24-15-35(41-11)30(48-35)21(7)43-24/h16-30,32,36-38,40H,12-15H2,1-11H3/t16?,17?,18-,19-,20+,21?,22?,23+,24-,25?,26?,27+,28+,29+,30-,32-,33+,34+,35?/m0/s1. The van der Waals surface area contributed by atoms with E-state index in [1.54, 1.807) is 28.0 Å². The zero-order valence-corrected chi connectivity index (χ0v) is 30.6. The highest BCUT2D eigenvalue weighted by Gasteiger charge is 2.66. The van der Waals surface area contributed by atoms with Crippen molar-refractivity contribution < 1.29 is 58.0 Å². The summed E-state index contributed by atoms with van der Waals surface area (Å²) >= 11 is 0. The number of aliphatic hydroxyl groups excluding tert-OH is 2. The minimum absolute atomic E-state index is 0.0375. The molecule has 4 N–H and O–H groups in total. The smallest absolute Gasteiger partial charge is 0.311 e. The maximum Gasteiger partial charge on any atom is 0.311 e. The average molecular weight is 688 g/mol. The van der Waals surface area contributed by atoms with Crippen molar-refractivity contribution in [2.24, 2.45) is 23.7 Å². The number of carbonyl (C=O) groups excluding carboxylic acids is 1. The van der Waals surface area contributed by atoms with Gasteiger partial charge < -0.3 is 58.5 Å². The van der Waals surface area contributed by atoms with Gasteiger partial charge in [0.15, 0.2) is 12.6 Å². The third kappa shape index (κ3) is 6.96. The first-order valence-corrected chi connectivity index (χ1v) is 17.9. The number of cyclic esters (lactones) is 1. The molecule has 5 aliphatic heterocycles. The number of carbonyl (C=O) groups is 1. The van der Waals surface area contributed by atoms with Crippen LogP contribution in [0.1, 0.15) is 88.0 Å². The molecule has 13 nitrogen and oxygen atoms in total. The molecule has 5 fully saturated rings. The number of aliphatic hydroxyl groups is 3. The number of rotatable bonds is 9. The maximum atomic E-state index is 14.2. The van der Waals surface area contributed by atoms with E-state index in [0.29, 0.717) is 19.3 Å². The van der Waals surface area contributed by atoms with Gasteiger partial charge in [0.1, 0.15) is 23.9 Å². The van der Waals surface area contributed by atoms with Gasteiger partial charge in [-0.25, -0.2) is 0 Å². The molecule has 0 amide bonds. The number of nitrogens with one attached hydrogen (secondary N) is 1. The highest BCUT2D eigenvalue weighted by atomic mass is 16.8. The van der Waals surface area contributed by atoms with Crippen molar-refractivity contribution in [1.82, 2.24) is 5.32 Å². The summed E-state index contributed by atoms with van der Waals surface area (Å²) in [4.78, 5) is 14.2. The molecule has 0 spiro atoms. The molecule has 19 atom stereocenters. The Balaban J connectivity index is 1.56. The minimum atomic E-state index is -1.76. The van der Waals surface area contributed by atoms with Crippen molar-refractivity contribution in [2.45, 2.75) is 179 Å². The fourth-order valence-electron chi connectivity index (χ4n) is 9.12. The molecule has 13 heteroatoms. The summed E-state index contributed by atoms with van der Waals surface area (Å²) in [6.45, 7) is 16.7. The number of esters is 1. The fraction of sp³-hybridized carbons (Fsp3) is 0.971. The van der Waals surface area contributed by atoms with Crippen LogP contribution in [0.15, 0.2) is 0 Å². The predicted molar refractivity (Wildman–Crippen MR) is 172 cm³/mol. The van der Waals surface area contributed by atoms with E-state index in [0.717, 1.165) is 0 Å². The second-order valence-electron chi connectivity index (χ2n) is 15.7. The van der Waals surface area contributed by atoms with Crippen LogP contribution in [0.3, 0.4) is 0 Å². The summed E-state index contributed by atoms with van der Waals surface area (Å²) in [6, 6.07) is -0.247. The van der Waals surface area contributed by atoms with Crippen LogP contribution in [0.2, 0.25) is 0 Å². The topological polar surface area (TPSA) is 167 Å². The Morgan fingerprint density at radius 2 is 1.75 bits per heavy atom. The minimum Gasteiger partial charge on any atom is -0.459 e. The van der Waals surface area contributed by atoms with E-state index in [1.807, 2.05) is 34.6 Å². The van der Waals surface area contributed by atoms with Gasteiger partial charge in [0.05, 0.1) is 54.6 Å². The molecule has 2 bridgehead atoms. The third-order valence-electron chi connectivity index (χ3n) is 11.9. The Bertz CT molecular complexity index is 1130. The predicted octanol–water partition coefficient (Wildman–Crippen LogP) is 2.26. The van der Waals surface area contributed by atoms with E-state index in [-0.39, 0.29) is 36.7 Å². The van der Waals surface area contributed by atoms with E-state index in [4.69, 9.17) is 37.9 Å². The summed E-state index contributed by atoms with van der Waals surface area (Å²) in [5.41, 5.74) is -2.69. The molecule has 5 aliphatic rings. The van der Waals surface area contributed by atoms with Crippen molar-refractivity contribution in [3.05, 3.63) is 0 Å². The summed E-state index contributed by atoms with van der Waals surface area (Å²) in [7, 11) is 3.40. The Hall–Kier alpha value is -0.970. The van der Waals surface area contributed by atoms with E-state index in [9.17, 15) is 20.1 Å². The van der Waals surface area contributed by atoms with Crippen LogP contribution in [0.25, 0.3) is 0 Å². The first-order chi connectivity index (χ1) is 22.4. The quantitative estimate of drug-likeness (QED) is 0.206.